The molecule has 154 valence electrons. The molecule has 7 heteroatoms. The number of nitrogens with one attached hydrogen (secondary N) is 2. The number of nitrogens with zero attached hydrogens (tertiary/aromatic N) is 2. The highest BCUT2D eigenvalue weighted by Crippen LogP contribution is 2.53. The molecule has 0 radical (unpaired) electrons. The number of H-pyrrole nitrogens is 1. The topological polar surface area (TPSA) is 87.3 Å². The predicted octanol–water partition coefficient (Wildman–Crippen LogP) is 3.81. The number of hydrogen-bond donors (Lipinski definition) is 2. The summed E-state index contributed by atoms with van der Waals surface area (Å²) in [6, 6.07) is -0.334. The number of aromatic amines is 1. The molecule has 2 amide bonds. The van der Waals surface area contributed by atoms with Crippen LogP contribution in [0.1, 0.15) is 71.9 Å². The number of carbonyl (C=O) groups is 2. The van der Waals surface area contributed by atoms with Gasteiger partial charge in [-0.15, -0.1) is 0 Å². The lowest BCUT2D eigenvalue weighted by Gasteiger charge is -2.31. The van der Waals surface area contributed by atoms with E-state index in [4.69, 9.17) is 0 Å². The maximum Gasteiger partial charge on any atom is 0.407 e. The largest absolute Gasteiger partial charge is 0.453 e. The molecule has 0 bridgehead atoms. The third-order valence-electron chi connectivity index (χ3n) is 4.79. The van der Waals surface area contributed by atoms with Crippen molar-refractivity contribution in [1.82, 2.24) is 20.2 Å². The Balaban J connectivity index is 0.000000855. The van der Waals surface area contributed by atoms with Crippen molar-refractivity contribution in [2.24, 2.45) is 11.8 Å². The molecule has 0 spiro atoms. The van der Waals surface area contributed by atoms with Crippen LogP contribution in [0.5, 0.6) is 0 Å². The molecule has 1 aromatic heterocycles. The highest BCUT2D eigenvalue weighted by atomic mass is 16.5. The lowest BCUT2D eigenvalue weighted by molar-refractivity contribution is -0.136. The summed E-state index contributed by atoms with van der Waals surface area (Å²) in [5, 5.41) is 2.68. The Labute approximate surface area is 163 Å². The number of rotatable bonds is 4. The van der Waals surface area contributed by atoms with Gasteiger partial charge in [0.15, 0.2) is 0 Å². The van der Waals surface area contributed by atoms with Gasteiger partial charge in [0.05, 0.1) is 13.2 Å². The van der Waals surface area contributed by atoms with E-state index in [9.17, 15) is 9.59 Å². The second-order valence-electron chi connectivity index (χ2n) is 6.87. The number of amides is 2. The Morgan fingerprint density at radius 1 is 1.26 bits per heavy atom. The standard InChI is InChI=1S/C16H24N4O3.2C2H6/c1-8(2)13(19-16(22)23-4)15(21)20-11-5-10(11)6-12(20)14-17-7-9(3)18-14;2*1-2/h7-8,10-13H,5-6H2,1-4H3,(H,17,18)(H,19,22);2*1-2H3. The highest BCUT2D eigenvalue weighted by Gasteiger charge is 2.56. The number of piperidine rings is 1. The van der Waals surface area contributed by atoms with Crippen LogP contribution < -0.4 is 5.32 Å². The lowest BCUT2D eigenvalue weighted by atomic mass is 10.0. The Bertz CT molecular complexity index is 614. The van der Waals surface area contributed by atoms with Crippen molar-refractivity contribution >= 4 is 12.0 Å². The van der Waals surface area contributed by atoms with Gasteiger partial charge in [-0.1, -0.05) is 41.5 Å². The van der Waals surface area contributed by atoms with Gasteiger partial charge in [-0.05, 0) is 31.6 Å². The van der Waals surface area contributed by atoms with Crippen LogP contribution in [0.3, 0.4) is 0 Å². The van der Waals surface area contributed by atoms with Gasteiger partial charge < -0.3 is 19.9 Å². The molecule has 4 atom stereocenters. The quantitative estimate of drug-likeness (QED) is 0.831. The Hall–Kier alpha value is -2.05. The van der Waals surface area contributed by atoms with Crippen molar-refractivity contribution < 1.29 is 14.3 Å². The second kappa shape index (κ2) is 10.3. The molecule has 3 rings (SSSR count). The van der Waals surface area contributed by atoms with E-state index in [-0.39, 0.29) is 23.9 Å². The predicted molar refractivity (Wildman–Crippen MR) is 106 cm³/mol. The summed E-state index contributed by atoms with van der Waals surface area (Å²) < 4.78 is 4.66. The number of alkyl carbamates (subject to hydrolysis) is 1. The van der Waals surface area contributed by atoms with Gasteiger partial charge in [-0.2, -0.15) is 0 Å². The van der Waals surface area contributed by atoms with Crippen LogP contribution in [-0.2, 0) is 9.53 Å². The number of methoxy groups -OCH3 is 1. The number of carbonyl (C=O) groups excluding carboxylic acids is 2. The fraction of sp³-hybridized carbons (Fsp3) is 0.750. The summed E-state index contributed by atoms with van der Waals surface area (Å²) in [4.78, 5) is 34.2. The summed E-state index contributed by atoms with van der Waals surface area (Å²) in [5.74, 6) is 1.33. The fourth-order valence-electron chi connectivity index (χ4n) is 3.48. The molecule has 1 aliphatic carbocycles. The average Bonchev–Trinajstić information content (AvgIpc) is 3.13. The van der Waals surface area contributed by atoms with Crippen molar-refractivity contribution in [3.05, 3.63) is 17.7 Å². The van der Waals surface area contributed by atoms with Crippen LogP contribution in [0, 0.1) is 18.8 Å². The van der Waals surface area contributed by atoms with E-state index in [2.05, 4.69) is 20.0 Å². The van der Waals surface area contributed by atoms with Crippen molar-refractivity contribution in [3.8, 4) is 0 Å². The first kappa shape index (κ1) is 23.0. The van der Waals surface area contributed by atoms with E-state index >= 15 is 0 Å². The zero-order chi connectivity index (χ0) is 20.7. The lowest BCUT2D eigenvalue weighted by Crippen LogP contribution is -2.52. The molecule has 1 aliphatic heterocycles. The van der Waals surface area contributed by atoms with Gasteiger partial charge in [0.25, 0.3) is 0 Å². The van der Waals surface area contributed by atoms with Crippen molar-refractivity contribution in [1.29, 1.82) is 0 Å². The maximum absolute atomic E-state index is 13.1. The molecule has 2 aliphatic rings. The number of fused-ring (bicyclic) bond motifs is 1. The van der Waals surface area contributed by atoms with E-state index in [0.29, 0.717) is 5.92 Å². The van der Waals surface area contributed by atoms with Gasteiger partial charge in [-0.25, -0.2) is 9.78 Å². The van der Waals surface area contributed by atoms with Crippen LogP contribution in [0.15, 0.2) is 6.20 Å². The summed E-state index contributed by atoms with van der Waals surface area (Å²) in [6.07, 6.45) is 3.19. The van der Waals surface area contributed by atoms with Gasteiger partial charge in [0.1, 0.15) is 11.9 Å². The number of hydrogen-bond acceptors (Lipinski definition) is 4. The molecule has 7 nitrogen and oxygen atoms in total. The zero-order valence-electron chi connectivity index (χ0n) is 18.0. The number of imidazole rings is 1. The minimum atomic E-state index is -0.583. The highest BCUT2D eigenvalue weighted by molar-refractivity contribution is 5.87. The monoisotopic (exact) mass is 380 g/mol. The molecule has 1 saturated heterocycles. The van der Waals surface area contributed by atoms with Gasteiger partial charge in [0.2, 0.25) is 5.91 Å². The van der Waals surface area contributed by atoms with Crippen LogP contribution in [0.4, 0.5) is 4.79 Å². The third kappa shape index (κ3) is 5.23. The number of aryl methyl sites for hydroxylation is 1. The molecular formula is C20H36N4O3. The third-order valence-corrected chi connectivity index (χ3v) is 4.79. The first-order chi connectivity index (χ1) is 12.9. The molecule has 27 heavy (non-hydrogen) atoms. The SMILES string of the molecule is CC.CC.COC(=O)NC(C(=O)N1C(c2ncc(C)[nH]2)CC2CC21)C(C)C. The smallest absolute Gasteiger partial charge is 0.407 e. The Morgan fingerprint density at radius 2 is 1.89 bits per heavy atom. The molecule has 0 aromatic carbocycles. The zero-order valence-corrected chi connectivity index (χ0v) is 18.0. The first-order valence-corrected chi connectivity index (χ1v) is 10.1. The van der Waals surface area contributed by atoms with Crippen LogP contribution in [0.25, 0.3) is 0 Å². The summed E-state index contributed by atoms with van der Waals surface area (Å²) in [7, 11) is 1.30. The number of likely N-dealkylation sites (tertiary alicyclic amines) is 1. The van der Waals surface area contributed by atoms with Gasteiger partial charge in [-0.3, -0.25) is 4.79 Å². The Kier molecular flexibility index (Phi) is 8.79. The molecule has 1 saturated carbocycles. The van der Waals surface area contributed by atoms with Crippen LogP contribution in [-0.4, -0.2) is 46.1 Å². The second-order valence-corrected chi connectivity index (χ2v) is 6.87. The van der Waals surface area contributed by atoms with E-state index in [1.807, 2.05) is 53.4 Å². The van der Waals surface area contributed by atoms with Crippen LogP contribution in [0.2, 0.25) is 0 Å². The normalized spacial score (nSPS) is 23.3. The van der Waals surface area contributed by atoms with E-state index < -0.39 is 12.1 Å². The van der Waals surface area contributed by atoms with Crippen molar-refractivity contribution in [2.75, 3.05) is 7.11 Å². The Morgan fingerprint density at radius 3 is 2.37 bits per heavy atom. The van der Waals surface area contributed by atoms with Gasteiger partial charge >= 0.3 is 6.09 Å². The molecule has 2 fully saturated rings. The summed E-state index contributed by atoms with van der Waals surface area (Å²) in [6.45, 7) is 13.8. The molecule has 1 aromatic rings. The first-order valence-electron chi connectivity index (χ1n) is 10.1. The van der Waals surface area contributed by atoms with Crippen molar-refractivity contribution in [3.63, 3.8) is 0 Å². The molecule has 2 N–H and O–H groups in total. The van der Waals surface area contributed by atoms with Crippen LogP contribution >= 0.6 is 0 Å². The minimum Gasteiger partial charge on any atom is -0.453 e. The van der Waals surface area contributed by atoms with E-state index in [1.54, 1.807) is 6.20 Å². The van der Waals surface area contributed by atoms with Crippen molar-refractivity contribution in [2.45, 2.75) is 79.4 Å². The summed E-state index contributed by atoms with van der Waals surface area (Å²) >= 11 is 0. The molecule has 4 unspecified atom stereocenters. The van der Waals surface area contributed by atoms with E-state index in [1.165, 1.54) is 7.11 Å². The maximum atomic E-state index is 13.1. The fourth-order valence-corrected chi connectivity index (χ4v) is 3.48. The molecule has 2 heterocycles. The average molecular weight is 381 g/mol. The number of ether oxygens (including phenoxy) is 1. The minimum absolute atomic E-state index is 0.0154. The number of aromatic nitrogens is 2. The summed E-state index contributed by atoms with van der Waals surface area (Å²) in [5.41, 5.74) is 0.987. The molecular weight excluding hydrogens is 344 g/mol. The van der Waals surface area contributed by atoms with Gasteiger partial charge in [0, 0.05) is 17.9 Å². The van der Waals surface area contributed by atoms with E-state index in [0.717, 1.165) is 24.4 Å².